The molecule has 1 heteroatoms. The zero-order valence-electron chi connectivity index (χ0n) is 20.7. The van der Waals surface area contributed by atoms with Crippen LogP contribution in [0, 0.1) is 46.3 Å². The van der Waals surface area contributed by atoms with Gasteiger partial charge in [0.25, 0.3) is 0 Å². The van der Waals surface area contributed by atoms with Gasteiger partial charge < -0.3 is 5.11 Å². The molecule has 1 nitrogen and oxygen atoms in total. The summed E-state index contributed by atoms with van der Waals surface area (Å²) in [6.45, 7) is 14.6. The van der Waals surface area contributed by atoms with Crippen molar-refractivity contribution >= 4 is 0 Å². The maximum Gasteiger partial charge on any atom is 0.0633 e. The van der Waals surface area contributed by atoms with Crippen molar-refractivity contribution in [2.24, 2.45) is 46.3 Å². The summed E-state index contributed by atoms with van der Waals surface area (Å²) in [5, 5.41) is 11.1. The molecule has 4 rings (SSSR count). The SMILES string of the molecule is CC/C(=C\C[C@@H](C)[C@H]1CC[C@H]2[C@@H]3CC=C4CCCC(O)[C@]4(C)[C@H]3CC[C@]12C)C(C)C. The van der Waals surface area contributed by atoms with E-state index in [9.17, 15) is 5.11 Å². The fraction of sp³-hybridized carbons (Fsp3) is 0.862. The van der Waals surface area contributed by atoms with Gasteiger partial charge in [-0.15, -0.1) is 0 Å². The summed E-state index contributed by atoms with van der Waals surface area (Å²) in [6.07, 6.45) is 17.8. The lowest BCUT2D eigenvalue weighted by Gasteiger charge is -2.59. The van der Waals surface area contributed by atoms with Crippen LogP contribution < -0.4 is 0 Å². The van der Waals surface area contributed by atoms with Gasteiger partial charge in [0.2, 0.25) is 0 Å². The van der Waals surface area contributed by atoms with E-state index < -0.39 is 0 Å². The Labute approximate surface area is 186 Å². The number of allylic oxidation sites excluding steroid dienone is 3. The van der Waals surface area contributed by atoms with Gasteiger partial charge in [0, 0.05) is 5.41 Å². The molecule has 0 aliphatic heterocycles. The highest BCUT2D eigenvalue weighted by Gasteiger charge is 2.60. The lowest BCUT2D eigenvalue weighted by molar-refractivity contribution is -0.0926. The standard InChI is InChI=1S/C29H48O/c1-7-21(19(2)3)12-11-20(4)24-15-16-25-23-14-13-22-9-8-10-27(30)29(22,6)26(23)17-18-28(24,25)5/h12-13,19-20,23-27,30H,7-11,14-18H2,1-6H3/b21-12+/t20-,23+,24-,25+,26+,27?,28-,29+/m1/s1. The van der Waals surface area contributed by atoms with E-state index in [1.165, 1.54) is 57.8 Å². The van der Waals surface area contributed by atoms with Gasteiger partial charge in [0.05, 0.1) is 6.10 Å². The summed E-state index contributed by atoms with van der Waals surface area (Å²) in [7, 11) is 0. The van der Waals surface area contributed by atoms with E-state index in [-0.39, 0.29) is 11.5 Å². The van der Waals surface area contributed by atoms with Crippen molar-refractivity contribution in [2.75, 3.05) is 0 Å². The normalized spacial score (nSPS) is 44.9. The van der Waals surface area contributed by atoms with Crippen LogP contribution >= 0.6 is 0 Å². The van der Waals surface area contributed by atoms with E-state index in [2.05, 4.69) is 53.7 Å². The fourth-order valence-electron chi connectivity index (χ4n) is 8.98. The van der Waals surface area contributed by atoms with Crippen molar-refractivity contribution in [3.05, 3.63) is 23.3 Å². The minimum Gasteiger partial charge on any atom is -0.392 e. The van der Waals surface area contributed by atoms with Crippen molar-refractivity contribution in [3.8, 4) is 0 Å². The molecule has 3 fully saturated rings. The molecule has 0 radical (unpaired) electrons. The van der Waals surface area contributed by atoms with Crippen LogP contribution in [0.5, 0.6) is 0 Å². The van der Waals surface area contributed by atoms with Gasteiger partial charge in [-0.1, -0.05) is 64.8 Å². The van der Waals surface area contributed by atoms with Gasteiger partial charge in [0.1, 0.15) is 0 Å². The summed E-state index contributed by atoms with van der Waals surface area (Å²) in [5.74, 6) is 4.75. The quantitative estimate of drug-likeness (QED) is 0.454. The molecule has 8 atom stereocenters. The molecule has 0 heterocycles. The molecule has 0 spiro atoms. The lowest BCUT2D eigenvalue weighted by atomic mass is 9.46. The Morgan fingerprint density at radius 3 is 2.60 bits per heavy atom. The van der Waals surface area contributed by atoms with E-state index in [1.807, 2.05) is 0 Å². The first-order valence-electron chi connectivity index (χ1n) is 13.3. The van der Waals surface area contributed by atoms with Gasteiger partial charge in [-0.3, -0.25) is 0 Å². The highest BCUT2D eigenvalue weighted by atomic mass is 16.3. The smallest absolute Gasteiger partial charge is 0.0633 e. The molecule has 0 aromatic heterocycles. The summed E-state index contributed by atoms with van der Waals surface area (Å²) >= 11 is 0. The Hall–Kier alpha value is -0.560. The van der Waals surface area contributed by atoms with Gasteiger partial charge in [-0.2, -0.15) is 0 Å². The second-order valence-electron chi connectivity index (χ2n) is 12.3. The molecule has 4 aliphatic carbocycles. The van der Waals surface area contributed by atoms with Crippen LogP contribution in [-0.4, -0.2) is 11.2 Å². The van der Waals surface area contributed by atoms with Crippen molar-refractivity contribution < 1.29 is 5.11 Å². The van der Waals surface area contributed by atoms with Gasteiger partial charge in [-0.25, -0.2) is 0 Å². The molecule has 0 bridgehead atoms. The first-order chi connectivity index (χ1) is 14.2. The zero-order valence-corrected chi connectivity index (χ0v) is 20.7. The summed E-state index contributed by atoms with van der Waals surface area (Å²) in [6, 6.07) is 0. The summed E-state index contributed by atoms with van der Waals surface area (Å²) in [4.78, 5) is 0. The average Bonchev–Trinajstić information content (AvgIpc) is 3.06. The van der Waals surface area contributed by atoms with E-state index in [0.717, 1.165) is 30.1 Å². The predicted octanol–water partition coefficient (Wildman–Crippen LogP) is 7.94. The molecule has 1 unspecified atom stereocenters. The van der Waals surface area contributed by atoms with Crippen LogP contribution in [0.2, 0.25) is 0 Å². The number of rotatable bonds is 5. The highest BCUT2D eigenvalue weighted by Crippen LogP contribution is 2.67. The Morgan fingerprint density at radius 2 is 1.90 bits per heavy atom. The molecular weight excluding hydrogens is 364 g/mol. The Bertz CT molecular complexity index is 686. The maximum atomic E-state index is 11.1. The number of fused-ring (bicyclic) bond motifs is 5. The maximum absolute atomic E-state index is 11.1. The molecule has 30 heavy (non-hydrogen) atoms. The molecular formula is C29H48O. The predicted molar refractivity (Wildman–Crippen MR) is 128 cm³/mol. The first-order valence-corrected chi connectivity index (χ1v) is 13.3. The molecule has 0 aromatic carbocycles. The molecule has 170 valence electrons. The van der Waals surface area contributed by atoms with Crippen molar-refractivity contribution in [1.29, 1.82) is 0 Å². The third kappa shape index (κ3) is 3.46. The lowest BCUT2D eigenvalue weighted by Crippen LogP contribution is -2.54. The molecule has 1 N–H and O–H groups in total. The molecule has 4 aliphatic rings. The first kappa shape index (κ1) is 22.6. The van der Waals surface area contributed by atoms with Crippen LogP contribution in [0.1, 0.15) is 106 Å². The second kappa shape index (κ2) is 8.42. The molecule has 3 saturated carbocycles. The number of hydrogen-bond donors (Lipinski definition) is 1. The third-order valence-corrected chi connectivity index (χ3v) is 10.8. The number of aliphatic hydroxyl groups is 1. The van der Waals surface area contributed by atoms with E-state index >= 15 is 0 Å². The monoisotopic (exact) mass is 412 g/mol. The number of hydrogen-bond acceptors (Lipinski definition) is 1. The fourth-order valence-corrected chi connectivity index (χ4v) is 8.98. The molecule has 0 amide bonds. The van der Waals surface area contributed by atoms with Crippen LogP contribution in [0.4, 0.5) is 0 Å². The van der Waals surface area contributed by atoms with Crippen LogP contribution in [0.25, 0.3) is 0 Å². The zero-order chi connectivity index (χ0) is 21.7. The molecule has 0 saturated heterocycles. The van der Waals surface area contributed by atoms with Gasteiger partial charge in [-0.05, 0) is 105 Å². The van der Waals surface area contributed by atoms with Crippen LogP contribution in [0.15, 0.2) is 23.3 Å². The van der Waals surface area contributed by atoms with Crippen molar-refractivity contribution in [1.82, 2.24) is 0 Å². The van der Waals surface area contributed by atoms with Crippen LogP contribution in [0.3, 0.4) is 0 Å². The van der Waals surface area contributed by atoms with E-state index in [1.54, 1.807) is 11.1 Å². The van der Waals surface area contributed by atoms with Gasteiger partial charge >= 0.3 is 0 Å². The minimum atomic E-state index is -0.112. The highest BCUT2D eigenvalue weighted by molar-refractivity contribution is 5.26. The Balaban J connectivity index is 1.53. The third-order valence-electron chi connectivity index (χ3n) is 10.8. The Kier molecular flexibility index (Phi) is 6.35. The summed E-state index contributed by atoms with van der Waals surface area (Å²) < 4.78 is 0. The summed E-state index contributed by atoms with van der Waals surface area (Å²) in [5.41, 5.74) is 3.84. The van der Waals surface area contributed by atoms with E-state index in [4.69, 9.17) is 0 Å². The minimum absolute atomic E-state index is 0.0717. The topological polar surface area (TPSA) is 20.2 Å². The number of aliphatic hydroxyl groups excluding tert-OH is 1. The second-order valence-corrected chi connectivity index (χ2v) is 12.3. The van der Waals surface area contributed by atoms with Crippen molar-refractivity contribution in [2.45, 2.75) is 112 Å². The molecule has 0 aromatic rings. The Morgan fingerprint density at radius 1 is 1.13 bits per heavy atom. The largest absolute Gasteiger partial charge is 0.392 e. The average molecular weight is 413 g/mol. The van der Waals surface area contributed by atoms with E-state index in [0.29, 0.717) is 17.3 Å². The van der Waals surface area contributed by atoms with Crippen LogP contribution in [-0.2, 0) is 0 Å². The van der Waals surface area contributed by atoms with Gasteiger partial charge in [0.15, 0.2) is 0 Å². The van der Waals surface area contributed by atoms with Crippen molar-refractivity contribution in [3.63, 3.8) is 0 Å².